The van der Waals surface area contributed by atoms with E-state index >= 15 is 0 Å². The Morgan fingerprint density at radius 3 is 2.14 bits per heavy atom. The molecular formula is C51H42FN3O8. The maximum Gasteiger partial charge on any atom is 0.318 e. The number of esters is 1. The van der Waals surface area contributed by atoms with Crippen molar-refractivity contribution in [2.24, 2.45) is 18.9 Å². The van der Waals surface area contributed by atoms with Crippen LogP contribution in [-0.2, 0) is 37.6 Å². The largest absolute Gasteiger partial charge is 0.489 e. The van der Waals surface area contributed by atoms with Crippen molar-refractivity contribution in [3.63, 3.8) is 0 Å². The number of benzene rings is 5. The summed E-state index contributed by atoms with van der Waals surface area (Å²) in [5, 5.41) is 18.4. The average molecular weight is 844 g/mol. The Labute approximate surface area is 363 Å². The molecule has 6 aromatic rings. The lowest BCUT2D eigenvalue weighted by atomic mass is 9.77. The van der Waals surface area contributed by atoms with Crippen molar-refractivity contribution in [3.8, 4) is 40.6 Å². The van der Waals surface area contributed by atoms with Gasteiger partial charge in [-0.1, -0.05) is 84.5 Å². The van der Waals surface area contributed by atoms with Gasteiger partial charge in [-0.3, -0.25) is 19.2 Å². The van der Waals surface area contributed by atoms with Crippen LogP contribution in [0.4, 0.5) is 10.1 Å². The Bertz CT molecular complexity index is 2730. The van der Waals surface area contributed by atoms with Gasteiger partial charge in [-0.15, -0.1) is 0 Å². The van der Waals surface area contributed by atoms with Crippen molar-refractivity contribution in [2.45, 2.75) is 44.9 Å². The maximum atomic E-state index is 14.4. The molecule has 2 heterocycles. The minimum atomic E-state index is -1.62. The number of hydrogen-bond donors (Lipinski definition) is 2. The van der Waals surface area contributed by atoms with Crippen LogP contribution in [0.2, 0.25) is 0 Å². The molecule has 2 N–H and O–H groups in total. The fourth-order valence-electron chi connectivity index (χ4n) is 7.40. The van der Waals surface area contributed by atoms with E-state index in [0.29, 0.717) is 35.4 Å². The number of imidazole rings is 1. The molecule has 12 heteroatoms. The normalized spacial score (nSPS) is 14.7. The quantitative estimate of drug-likeness (QED) is 0.0477. The summed E-state index contributed by atoms with van der Waals surface area (Å²) in [5.74, 6) is 6.26. The zero-order valence-corrected chi connectivity index (χ0v) is 34.4. The molecule has 0 saturated carbocycles. The highest BCUT2D eigenvalue weighted by atomic mass is 19.1. The number of carbonyl (C=O) groups excluding carboxylic acids is 2. The predicted molar refractivity (Wildman–Crippen MR) is 232 cm³/mol. The van der Waals surface area contributed by atoms with Gasteiger partial charge in [-0.05, 0) is 95.6 Å². The van der Waals surface area contributed by atoms with Crippen LogP contribution < -0.4 is 9.64 Å². The summed E-state index contributed by atoms with van der Waals surface area (Å²) in [6.45, 7) is 1.56. The summed E-state index contributed by atoms with van der Waals surface area (Å²) in [7, 11) is 1.87. The number of carbonyl (C=O) groups is 4. The number of aromatic nitrogens is 2. The minimum absolute atomic E-state index is 0.123. The van der Waals surface area contributed by atoms with E-state index in [9.17, 15) is 33.8 Å². The van der Waals surface area contributed by atoms with Gasteiger partial charge in [0.05, 0.1) is 24.5 Å². The standard InChI is InChI=1S/C51H42FN3O8/c1-33(56)63-46(38-18-21-40(52)22-19-38)28-27-44-48(55(49(44)57)41-23-13-35(14-24-41)15-25-42-30-53-32-54(42)2)43-26-20-39(29-47(43)62-31-36-7-4-3-5-8-36)37-16-11-34(12-17-37)9-6-10-45(50(58)59)51(60)61/h3-5,7-8,11-14,16-24,26,29-30,32,44-46,48H,10,27-28,31H2,1-2H3,(H,58,59)(H,60,61)/t44-,46+,48-/m1/s1. The minimum Gasteiger partial charge on any atom is -0.489 e. The van der Waals surface area contributed by atoms with Crippen molar-refractivity contribution < 1.29 is 43.3 Å². The van der Waals surface area contributed by atoms with Gasteiger partial charge >= 0.3 is 17.9 Å². The number of amides is 1. The van der Waals surface area contributed by atoms with Gasteiger partial charge in [0.25, 0.3) is 0 Å². The van der Waals surface area contributed by atoms with Crippen LogP contribution in [0.1, 0.15) is 71.8 Å². The predicted octanol–water partition coefficient (Wildman–Crippen LogP) is 8.52. The molecule has 1 saturated heterocycles. The van der Waals surface area contributed by atoms with Gasteiger partial charge < -0.3 is 29.2 Å². The zero-order chi connectivity index (χ0) is 44.5. The number of rotatable bonds is 14. The molecule has 0 bridgehead atoms. The molecule has 1 aliphatic rings. The number of β-lactam (4-membered cyclic amide) rings is 1. The SMILES string of the molecule is CC(=O)O[C@@H](CC[C@H]1C(=O)N(c2ccc(C#Cc3cncn3C)cc2)[C@@H]1c1ccc(-c2ccc(C#CCC(C(=O)O)C(=O)O)cc2)cc1OCc1ccccc1)c1ccc(F)cc1. The molecule has 1 aromatic heterocycles. The summed E-state index contributed by atoms with van der Waals surface area (Å²) in [6, 6.07) is 35.5. The number of ether oxygens (including phenoxy) is 2. The van der Waals surface area contributed by atoms with E-state index in [1.807, 2.05) is 96.5 Å². The second kappa shape index (κ2) is 19.6. The van der Waals surface area contributed by atoms with Crippen LogP contribution in [0.15, 0.2) is 134 Å². The molecule has 5 aromatic carbocycles. The first-order chi connectivity index (χ1) is 30.4. The molecule has 7 rings (SSSR count). The van der Waals surface area contributed by atoms with E-state index in [4.69, 9.17) is 9.47 Å². The monoisotopic (exact) mass is 843 g/mol. The van der Waals surface area contributed by atoms with Gasteiger partial charge in [-0.2, -0.15) is 0 Å². The highest BCUT2D eigenvalue weighted by Crippen LogP contribution is 2.50. The van der Waals surface area contributed by atoms with Crippen LogP contribution in [-0.4, -0.2) is 43.6 Å². The van der Waals surface area contributed by atoms with Crippen LogP contribution >= 0.6 is 0 Å². The molecule has 0 aliphatic carbocycles. The zero-order valence-electron chi connectivity index (χ0n) is 34.4. The van der Waals surface area contributed by atoms with E-state index in [0.717, 1.165) is 33.5 Å². The van der Waals surface area contributed by atoms with Crippen LogP contribution in [0, 0.1) is 41.3 Å². The average Bonchev–Trinajstić information content (AvgIpc) is 3.70. The molecule has 1 amide bonds. The van der Waals surface area contributed by atoms with Gasteiger partial charge in [0, 0.05) is 42.8 Å². The van der Waals surface area contributed by atoms with Gasteiger partial charge in [0.15, 0.2) is 5.92 Å². The van der Waals surface area contributed by atoms with Crippen LogP contribution in [0.25, 0.3) is 11.1 Å². The first-order valence-corrected chi connectivity index (χ1v) is 20.1. The van der Waals surface area contributed by atoms with Gasteiger partial charge in [0.1, 0.15) is 30.0 Å². The summed E-state index contributed by atoms with van der Waals surface area (Å²) >= 11 is 0. The van der Waals surface area contributed by atoms with Crippen LogP contribution in [0.3, 0.4) is 0 Å². The van der Waals surface area contributed by atoms with E-state index in [1.165, 1.54) is 19.1 Å². The summed E-state index contributed by atoms with van der Waals surface area (Å²) in [4.78, 5) is 55.0. The third-order valence-electron chi connectivity index (χ3n) is 10.7. The third kappa shape index (κ3) is 10.5. The molecule has 0 spiro atoms. The lowest BCUT2D eigenvalue weighted by Gasteiger charge is -2.48. The van der Waals surface area contributed by atoms with E-state index < -0.39 is 47.7 Å². The number of anilines is 1. The first kappa shape index (κ1) is 43.1. The Hall–Kier alpha value is -7.96. The van der Waals surface area contributed by atoms with Gasteiger partial charge in [-0.25, -0.2) is 9.37 Å². The van der Waals surface area contributed by atoms with E-state index in [-0.39, 0.29) is 18.9 Å². The maximum absolute atomic E-state index is 14.4. The fraction of sp³-hybridized carbons (Fsp3) is 0.196. The Morgan fingerprint density at radius 2 is 1.49 bits per heavy atom. The second-order valence-corrected chi connectivity index (χ2v) is 15.0. The number of hydrogen-bond acceptors (Lipinski definition) is 7. The molecular weight excluding hydrogens is 802 g/mol. The Kier molecular flexibility index (Phi) is 13.4. The third-order valence-corrected chi connectivity index (χ3v) is 10.7. The molecule has 1 fully saturated rings. The topological polar surface area (TPSA) is 148 Å². The highest BCUT2D eigenvalue weighted by molar-refractivity contribution is 6.03. The second-order valence-electron chi connectivity index (χ2n) is 15.0. The molecule has 0 radical (unpaired) electrons. The summed E-state index contributed by atoms with van der Waals surface area (Å²) < 4.78 is 28.0. The van der Waals surface area contributed by atoms with Crippen molar-refractivity contribution in [2.75, 3.05) is 4.90 Å². The number of carboxylic acids is 2. The number of nitrogens with zero attached hydrogens (tertiary/aromatic N) is 3. The molecule has 3 atom stereocenters. The van der Waals surface area contributed by atoms with Crippen molar-refractivity contribution in [1.82, 2.24) is 9.55 Å². The van der Waals surface area contributed by atoms with E-state index in [1.54, 1.807) is 41.7 Å². The highest BCUT2D eigenvalue weighted by Gasteiger charge is 2.50. The molecule has 0 unspecified atom stereocenters. The molecule has 1 aliphatic heterocycles. The van der Waals surface area contributed by atoms with Gasteiger partial charge in [0.2, 0.25) is 5.91 Å². The first-order valence-electron chi connectivity index (χ1n) is 20.1. The number of aryl methyl sites for hydroxylation is 1. The summed E-state index contributed by atoms with van der Waals surface area (Å²) in [6.07, 6.45) is 2.96. The van der Waals surface area contributed by atoms with Crippen LogP contribution in [0.5, 0.6) is 5.75 Å². The fourth-order valence-corrected chi connectivity index (χ4v) is 7.40. The lowest BCUT2D eigenvalue weighted by molar-refractivity contribution is -0.154. The summed E-state index contributed by atoms with van der Waals surface area (Å²) in [5.41, 5.74) is 6.72. The Balaban J connectivity index is 1.23. The molecule has 316 valence electrons. The van der Waals surface area contributed by atoms with E-state index in [2.05, 4.69) is 28.7 Å². The smallest absolute Gasteiger partial charge is 0.318 e. The number of halogens is 1. The number of carboxylic acid groups (broad SMARTS) is 2. The van der Waals surface area contributed by atoms with Crippen molar-refractivity contribution >= 4 is 29.5 Å². The van der Waals surface area contributed by atoms with Crippen molar-refractivity contribution in [3.05, 3.63) is 173 Å². The molecule has 63 heavy (non-hydrogen) atoms. The lowest BCUT2D eigenvalue weighted by Crippen LogP contribution is -2.55. The number of aliphatic carboxylic acids is 2. The van der Waals surface area contributed by atoms with Crippen molar-refractivity contribution in [1.29, 1.82) is 0 Å². The Morgan fingerprint density at radius 1 is 0.825 bits per heavy atom. The molecule has 11 nitrogen and oxygen atoms in total.